The summed E-state index contributed by atoms with van der Waals surface area (Å²) in [7, 11) is 0. The Morgan fingerprint density at radius 1 is 1.07 bits per heavy atom. The van der Waals surface area contributed by atoms with Crippen LogP contribution in [0, 0.1) is 51.2 Å². The molecule has 1 saturated heterocycles. The van der Waals surface area contributed by atoms with Crippen LogP contribution in [0.1, 0.15) is 107 Å². The summed E-state index contributed by atoms with van der Waals surface area (Å²) < 4.78 is 24.5. The Bertz CT molecular complexity index is 1190. The van der Waals surface area contributed by atoms with Gasteiger partial charge in [-0.1, -0.05) is 34.6 Å². The monoisotopic (exact) mass is 648 g/mol. The van der Waals surface area contributed by atoms with E-state index in [1.165, 1.54) is 6.92 Å². The minimum absolute atomic E-state index is 0.104. The van der Waals surface area contributed by atoms with E-state index >= 15 is 0 Å². The molecule has 12 unspecified atom stereocenters. The van der Waals surface area contributed by atoms with Crippen molar-refractivity contribution in [1.82, 2.24) is 0 Å². The Morgan fingerprint density at radius 3 is 2.33 bits per heavy atom. The average molecular weight is 649 g/mol. The molecular weight excluding hydrogens is 588 g/mol. The van der Waals surface area contributed by atoms with Crippen LogP contribution in [-0.2, 0) is 33.3 Å². The van der Waals surface area contributed by atoms with E-state index in [1.807, 2.05) is 0 Å². The molecule has 262 valence electrons. The molecule has 0 radical (unpaired) electrons. The summed E-state index contributed by atoms with van der Waals surface area (Å²) in [5, 5.41) is 11.1. The second-order valence-corrected chi connectivity index (χ2v) is 16.9. The summed E-state index contributed by atoms with van der Waals surface area (Å²) in [6.45, 7) is 16.4. The highest BCUT2D eigenvalue weighted by molar-refractivity contribution is 5.72. The first-order chi connectivity index (χ1) is 21.4. The highest BCUT2D eigenvalue weighted by Crippen LogP contribution is 2.87. The van der Waals surface area contributed by atoms with Crippen molar-refractivity contribution in [2.45, 2.75) is 137 Å². The number of carbonyl (C=O) groups excluding carboxylic acids is 3. The lowest BCUT2D eigenvalue weighted by atomic mass is 9.43. The molecule has 5 N–H and O–H groups in total. The number of nitrogens with two attached hydrogens (primary N) is 2. The van der Waals surface area contributed by atoms with E-state index in [1.54, 1.807) is 13.8 Å². The van der Waals surface area contributed by atoms with Gasteiger partial charge in [0.05, 0.1) is 37.5 Å². The maximum absolute atomic E-state index is 13.1. The zero-order valence-electron chi connectivity index (χ0n) is 29.4. The highest BCUT2D eigenvalue weighted by Gasteiger charge is 2.83. The van der Waals surface area contributed by atoms with E-state index < -0.39 is 42.0 Å². The van der Waals surface area contributed by atoms with Gasteiger partial charge in [-0.15, -0.1) is 0 Å². The van der Waals surface area contributed by atoms with Crippen LogP contribution in [0.3, 0.4) is 0 Å². The largest absolute Gasteiger partial charge is 0.465 e. The first-order valence-electron chi connectivity index (χ1n) is 17.7. The minimum Gasteiger partial charge on any atom is -0.465 e. The van der Waals surface area contributed by atoms with E-state index in [9.17, 15) is 19.5 Å². The predicted molar refractivity (Wildman–Crippen MR) is 172 cm³/mol. The van der Waals surface area contributed by atoms with Crippen LogP contribution in [-0.4, -0.2) is 72.7 Å². The van der Waals surface area contributed by atoms with Gasteiger partial charge in [0.15, 0.2) is 6.10 Å². The number of fused-ring (bicyclic) bond motifs is 4. The molecule has 4 aliphatic carbocycles. The molecule has 1 heterocycles. The van der Waals surface area contributed by atoms with Crippen molar-refractivity contribution in [3.05, 3.63) is 0 Å². The number of rotatable bonds is 11. The number of hydrogen-bond acceptors (Lipinski definition) is 10. The molecule has 0 aromatic carbocycles. The van der Waals surface area contributed by atoms with Gasteiger partial charge in [-0.25, -0.2) is 0 Å². The molecule has 0 bridgehead atoms. The number of esters is 3. The standard InChI is InChI=1S/C36H60N2O8/c1-20(2)23-10-11-25-34(8)31(46-27(41)18-38)29-28(21(3)16-24(45-29)30(32(5,6)42)44-22(4)39)33(34,7)13-14-36(25)19-35(23,36)12-9-15-43-26(40)17-37/h20-21,23-25,28-31,42H,9-19,37-38H2,1-8H3. The van der Waals surface area contributed by atoms with Gasteiger partial charge in [0, 0.05) is 12.3 Å². The summed E-state index contributed by atoms with van der Waals surface area (Å²) in [6, 6.07) is 0. The van der Waals surface area contributed by atoms with Crippen molar-refractivity contribution in [3.63, 3.8) is 0 Å². The van der Waals surface area contributed by atoms with E-state index in [0.717, 1.165) is 44.9 Å². The molecule has 10 heteroatoms. The van der Waals surface area contributed by atoms with Crippen molar-refractivity contribution < 1.29 is 38.4 Å². The van der Waals surface area contributed by atoms with Crippen molar-refractivity contribution in [1.29, 1.82) is 0 Å². The zero-order chi connectivity index (χ0) is 34.0. The van der Waals surface area contributed by atoms with Crippen LogP contribution >= 0.6 is 0 Å². The first-order valence-corrected chi connectivity index (χ1v) is 17.7. The quantitative estimate of drug-likeness (QED) is 0.169. The molecule has 5 aliphatic rings. The van der Waals surface area contributed by atoms with Crippen molar-refractivity contribution in [3.8, 4) is 0 Å². The third-order valence-electron chi connectivity index (χ3n) is 14.0. The molecule has 5 fully saturated rings. The fourth-order valence-electron chi connectivity index (χ4n) is 12.3. The molecule has 1 spiro atoms. The molecule has 46 heavy (non-hydrogen) atoms. The SMILES string of the molecule is CC(=O)OC(C1CC(C)C2C(O1)C(OC(=O)CN)C1(C)C3CCC(C(C)C)C4(CCCOC(=O)CN)CC34CCC21C)C(C)(C)O. The van der Waals surface area contributed by atoms with Gasteiger partial charge < -0.3 is 35.5 Å². The van der Waals surface area contributed by atoms with Crippen LogP contribution in [0.25, 0.3) is 0 Å². The molecule has 10 nitrogen and oxygen atoms in total. The first kappa shape index (κ1) is 35.6. The Hall–Kier alpha value is -1.75. The molecule has 5 rings (SSSR count). The smallest absolute Gasteiger partial charge is 0.320 e. The van der Waals surface area contributed by atoms with Crippen LogP contribution < -0.4 is 11.5 Å². The number of ether oxygens (including phenoxy) is 4. The molecular formula is C36H60N2O8. The average Bonchev–Trinajstić information content (AvgIpc) is 3.60. The summed E-state index contributed by atoms with van der Waals surface area (Å²) in [5.74, 6) is 0.450. The van der Waals surface area contributed by atoms with E-state index in [2.05, 4.69) is 34.6 Å². The van der Waals surface area contributed by atoms with E-state index in [0.29, 0.717) is 30.8 Å². The van der Waals surface area contributed by atoms with Crippen molar-refractivity contribution >= 4 is 17.9 Å². The second-order valence-electron chi connectivity index (χ2n) is 16.9. The fraction of sp³-hybridized carbons (Fsp3) is 0.917. The van der Waals surface area contributed by atoms with Gasteiger partial charge in [0.25, 0.3) is 0 Å². The zero-order valence-corrected chi connectivity index (χ0v) is 29.4. The maximum atomic E-state index is 13.1. The third kappa shape index (κ3) is 5.32. The minimum atomic E-state index is -1.32. The van der Waals surface area contributed by atoms with Crippen molar-refractivity contribution in [2.24, 2.45) is 62.7 Å². The van der Waals surface area contributed by atoms with Gasteiger partial charge >= 0.3 is 17.9 Å². The topological polar surface area (TPSA) is 160 Å². The predicted octanol–water partition coefficient (Wildman–Crippen LogP) is 4.13. The van der Waals surface area contributed by atoms with Crippen LogP contribution in [0.15, 0.2) is 0 Å². The molecule has 0 aromatic heterocycles. The molecule has 4 saturated carbocycles. The van der Waals surface area contributed by atoms with Gasteiger partial charge in [-0.3, -0.25) is 14.4 Å². The van der Waals surface area contributed by atoms with Gasteiger partial charge in [0.2, 0.25) is 0 Å². The van der Waals surface area contributed by atoms with E-state index in [-0.39, 0.29) is 52.6 Å². The fourth-order valence-corrected chi connectivity index (χ4v) is 12.3. The normalized spacial score (nSPS) is 43.4. The lowest BCUT2D eigenvalue weighted by molar-refractivity contribution is -0.220. The number of carbonyl (C=O) groups is 3. The van der Waals surface area contributed by atoms with Crippen molar-refractivity contribution in [2.75, 3.05) is 19.7 Å². The molecule has 0 amide bonds. The Kier molecular flexibility index (Phi) is 9.50. The van der Waals surface area contributed by atoms with Crippen LogP contribution in [0.2, 0.25) is 0 Å². The summed E-state index contributed by atoms with van der Waals surface area (Å²) >= 11 is 0. The van der Waals surface area contributed by atoms with Gasteiger partial charge in [0.1, 0.15) is 6.10 Å². The Morgan fingerprint density at radius 2 is 1.74 bits per heavy atom. The number of hydrogen-bond donors (Lipinski definition) is 3. The molecule has 0 aromatic rings. The van der Waals surface area contributed by atoms with Crippen LogP contribution in [0.5, 0.6) is 0 Å². The van der Waals surface area contributed by atoms with E-state index in [4.69, 9.17) is 30.4 Å². The summed E-state index contributed by atoms with van der Waals surface area (Å²) in [6.07, 6.45) is 5.53. The lowest BCUT2D eigenvalue weighted by Gasteiger charge is -2.61. The Balaban J connectivity index is 1.53. The Labute approximate surface area is 275 Å². The highest BCUT2D eigenvalue weighted by atomic mass is 16.6. The second kappa shape index (κ2) is 12.3. The van der Waals surface area contributed by atoms with Gasteiger partial charge in [-0.05, 0) is 111 Å². The van der Waals surface area contributed by atoms with Gasteiger partial charge in [-0.2, -0.15) is 0 Å². The summed E-state index contributed by atoms with van der Waals surface area (Å²) in [4.78, 5) is 37.0. The number of aliphatic hydroxyl groups is 1. The summed E-state index contributed by atoms with van der Waals surface area (Å²) in [5.41, 5.74) is 9.74. The maximum Gasteiger partial charge on any atom is 0.320 e. The third-order valence-corrected chi connectivity index (χ3v) is 14.0. The molecule has 1 aliphatic heterocycles. The van der Waals surface area contributed by atoms with Crippen LogP contribution in [0.4, 0.5) is 0 Å². The molecule has 12 atom stereocenters. The lowest BCUT2D eigenvalue weighted by Crippen LogP contribution is -2.58.